The first-order chi connectivity index (χ1) is 6.74. The van der Waals surface area contributed by atoms with Crippen LogP contribution in [-0.2, 0) is 4.79 Å². The second-order valence-electron chi connectivity index (χ2n) is 4.12. The van der Waals surface area contributed by atoms with Crippen LogP contribution in [0.1, 0.15) is 38.2 Å². The number of carbonyl (C=O) groups is 1. The second-order valence-corrected chi connectivity index (χ2v) is 4.12. The van der Waals surface area contributed by atoms with Crippen molar-refractivity contribution in [3.8, 4) is 0 Å². The fraction of sp³-hybridized carbons (Fsp3) is 0.462. The molecule has 0 aromatic heterocycles. The lowest BCUT2D eigenvalue weighted by Gasteiger charge is -2.11. The molecule has 14 heavy (non-hydrogen) atoms. The van der Waals surface area contributed by atoms with Crippen LogP contribution in [0.15, 0.2) is 30.3 Å². The van der Waals surface area contributed by atoms with E-state index in [1.807, 2.05) is 30.3 Å². The molecule has 0 radical (unpaired) electrons. The number of benzene rings is 1. The highest BCUT2D eigenvalue weighted by atomic mass is 16.1. The first-order valence-corrected chi connectivity index (χ1v) is 5.24. The Bertz CT molecular complexity index is 264. The maximum absolute atomic E-state index is 10.9. The number of hydrogen-bond acceptors (Lipinski definition) is 1. The minimum absolute atomic E-state index is 0.0820. The minimum atomic E-state index is 0.0820. The molecule has 0 aliphatic rings. The van der Waals surface area contributed by atoms with Gasteiger partial charge >= 0.3 is 0 Å². The summed E-state index contributed by atoms with van der Waals surface area (Å²) in [5.74, 6) is 0.750. The standard InChI is InChI=1S/C13H18O/c1-11(2)8-9-13(10-14)12-6-4-3-5-7-12/h3-7,10-11,13H,8-9H2,1-2H3. The molecular formula is C13H18O. The lowest BCUT2D eigenvalue weighted by atomic mass is 9.93. The van der Waals surface area contributed by atoms with Crippen molar-refractivity contribution in [2.45, 2.75) is 32.6 Å². The van der Waals surface area contributed by atoms with E-state index >= 15 is 0 Å². The molecule has 76 valence electrons. The molecule has 1 heteroatoms. The Hall–Kier alpha value is -1.11. The van der Waals surface area contributed by atoms with E-state index in [9.17, 15) is 4.79 Å². The molecule has 0 saturated carbocycles. The summed E-state index contributed by atoms with van der Waals surface area (Å²) in [7, 11) is 0. The van der Waals surface area contributed by atoms with E-state index in [-0.39, 0.29) is 5.92 Å². The summed E-state index contributed by atoms with van der Waals surface area (Å²) in [5, 5.41) is 0. The molecule has 1 aromatic carbocycles. The van der Waals surface area contributed by atoms with E-state index in [4.69, 9.17) is 0 Å². The number of hydrogen-bond donors (Lipinski definition) is 0. The average molecular weight is 190 g/mol. The Morgan fingerprint density at radius 1 is 1.14 bits per heavy atom. The van der Waals surface area contributed by atoms with Gasteiger partial charge in [-0.15, -0.1) is 0 Å². The smallest absolute Gasteiger partial charge is 0.127 e. The van der Waals surface area contributed by atoms with E-state index in [2.05, 4.69) is 13.8 Å². The van der Waals surface area contributed by atoms with E-state index in [0.29, 0.717) is 5.92 Å². The topological polar surface area (TPSA) is 17.1 Å². The van der Waals surface area contributed by atoms with Gasteiger partial charge in [-0.05, 0) is 24.3 Å². The third-order valence-electron chi connectivity index (χ3n) is 2.45. The number of carbonyl (C=O) groups excluding carboxylic acids is 1. The molecule has 0 aliphatic carbocycles. The third-order valence-corrected chi connectivity index (χ3v) is 2.45. The van der Waals surface area contributed by atoms with Crippen molar-refractivity contribution >= 4 is 6.29 Å². The van der Waals surface area contributed by atoms with Gasteiger partial charge in [0.2, 0.25) is 0 Å². The Labute approximate surface area is 86.1 Å². The van der Waals surface area contributed by atoms with Crippen LogP contribution in [0, 0.1) is 5.92 Å². The molecule has 1 rings (SSSR count). The average Bonchev–Trinajstić information content (AvgIpc) is 2.20. The summed E-state index contributed by atoms with van der Waals surface area (Å²) >= 11 is 0. The van der Waals surface area contributed by atoms with Gasteiger partial charge in [0.15, 0.2) is 0 Å². The Morgan fingerprint density at radius 2 is 1.79 bits per heavy atom. The van der Waals surface area contributed by atoms with Gasteiger partial charge in [-0.25, -0.2) is 0 Å². The van der Waals surface area contributed by atoms with Crippen LogP contribution in [0.3, 0.4) is 0 Å². The van der Waals surface area contributed by atoms with Crippen molar-refractivity contribution in [3.63, 3.8) is 0 Å². The highest BCUT2D eigenvalue weighted by molar-refractivity contribution is 5.61. The van der Waals surface area contributed by atoms with Crippen LogP contribution in [-0.4, -0.2) is 6.29 Å². The van der Waals surface area contributed by atoms with Crippen molar-refractivity contribution in [1.29, 1.82) is 0 Å². The third kappa shape index (κ3) is 3.33. The lowest BCUT2D eigenvalue weighted by Crippen LogP contribution is -2.02. The zero-order valence-electron chi connectivity index (χ0n) is 8.94. The van der Waals surface area contributed by atoms with Gasteiger partial charge in [0, 0.05) is 5.92 Å². The fourth-order valence-corrected chi connectivity index (χ4v) is 1.53. The van der Waals surface area contributed by atoms with Gasteiger partial charge in [-0.2, -0.15) is 0 Å². The maximum Gasteiger partial charge on any atom is 0.127 e. The monoisotopic (exact) mass is 190 g/mol. The Kier molecular flexibility index (Phi) is 4.37. The lowest BCUT2D eigenvalue weighted by molar-refractivity contribution is -0.109. The summed E-state index contributed by atoms with van der Waals surface area (Å²) in [4.78, 5) is 10.9. The molecule has 0 bridgehead atoms. The van der Waals surface area contributed by atoms with Crippen LogP contribution in [0.5, 0.6) is 0 Å². The van der Waals surface area contributed by atoms with Crippen LogP contribution in [0.4, 0.5) is 0 Å². The Morgan fingerprint density at radius 3 is 2.29 bits per heavy atom. The summed E-state index contributed by atoms with van der Waals surface area (Å²) in [6.07, 6.45) is 3.14. The molecule has 1 unspecified atom stereocenters. The molecular weight excluding hydrogens is 172 g/mol. The van der Waals surface area contributed by atoms with Crippen LogP contribution < -0.4 is 0 Å². The van der Waals surface area contributed by atoms with Gasteiger partial charge in [0.25, 0.3) is 0 Å². The van der Waals surface area contributed by atoms with E-state index < -0.39 is 0 Å². The molecule has 0 N–H and O–H groups in total. The molecule has 0 spiro atoms. The summed E-state index contributed by atoms with van der Waals surface area (Å²) in [6, 6.07) is 10.0. The van der Waals surface area contributed by atoms with Crippen molar-refractivity contribution < 1.29 is 4.79 Å². The van der Waals surface area contributed by atoms with Gasteiger partial charge in [0.05, 0.1) is 0 Å². The van der Waals surface area contributed by atoms with Gasteiger partial charge < -0.3 is 4.79 Å². The van der Waals surface area contributed by atoms with Crippen molar-refractivity contribution in [2.24, 2.45) is 5.92 Å². The normalized spacial score (nSPS) is 12.8. The summed E-state index contributed by atoms with van der Waals surface area (Å²) < 4.78 is 0. The van der Waals surface area contributed by atoms with E-state index in [1.165, 1.54) is 0 Å². The summed E-state index contributed by atoms with van der Waals surface area (Å²) in [5.41, 5.74) is 1.14. The van der Waals surface area contributed by atoms with E-state index in [1.54, 1.807) is 0 Å². The number of rotatable bonds is 5. The molecule has 1 aromatic rings. The van der Waals surface area contributed by atoms with E-state index in [0.717, 1.165) is 24.7 Å². The van der Waals surface area contributed by atoms with Crippen LogP contribution in [0.2, 0.25) is 0 Å². The van der Waals surface area contributed by atoms with Crippen molar-refractivity contribution in [2.75, 3.05) is 0 Å². The minimum Gasteiger partial charge on any atom is -0.303 e. The molecule has 0 saturated heterocycles. The fourth-order valence-electron chi connectivity index (χ4n) is 1.53. The maximum atomic E-state index is 10.9. The second kappa shape index (κ2) is 5.58. The molecule has 1 atom stereocenters. The predicted molar refractivity (Wildman–Crippen MR) is 59.3 cm³/mol. The van der Waals surface area contributed by atoms with Gasteiger partial charge in [-0.1, -0.05) is 44.2 Å². The van der Waals surface area contributed by atoms with Gasteiger partial charge in [0.1, 0.15) is 6.29 Å². The Balaban J connectivity index is 2.59. The SMILES string of the molecule is CC(C)CCC(C=O)c1ccccc1. The van der Waals surface area contributed by atoms with Crippen molar-refractivity contribution in [1.82, 2.24) is 0 Å². The van der Waals surface area contributed by atoms with Crippen LogP contribution in [0.25, 0.3) is 0 Å². The molecule has 0 fully saturated rings. The summed E-state index contributed by atoms with van der Waals surface area (Å²) in [6.45, 7) is 4.37. The quantitative estimate of drug-likeness (QED) is 0.650. The molecule has 0 aliphatic heterocycles. The number of aldehydes is 1. The first-order valence-electron chi connectivity index (χ1n) is 5.24. The first kappa shape index (κ1) is 11.0. The molecule has 1 nitrogen and oxygen atoms in total. The predicted octanol–water partition coefficient (Wildman–Crippen LogP) is 3.41. The zero-order chi connectivity index (χ0) is 10.4. The van der Waals surface area contributed by atoms with Gasteiger partial charge in [-0.3, -0.25) is 0 Å². The zero-order valence-corrected chi connectivity index (χ0v) is 8.94. The largest absolute Gasteiger partial charge is 0.303 e. The van der Waals surface area contributed by atoms with Crippen LogP contribution >= 0.6 is 0 Å². The van der Waals surface area contributed by atoms with Crippen molar-refractivity contribution in [3.05, 3.63) is 35.9 Å². The highest BCUT2D eigenvalue weighted by Crippen LogP contribution is 2.20. The molecule has 0 heterocycles. The highest BCUT2D eigenvalue weighted by Gasteiger charge is 2.09. The molecule has 0 amide bonds.